The summed E-state index contributed by atoms with van der Waals surface area (Å²) in [4.78, 5) is 18.7. The molecule has 7 heteroatoms. The summed E-state index contributed by atoms with van der Waals surface area (Å²) in [6.45, 7) is 5.30. The summed E-state index contributed by atoms with van der Waals surface area (Å²) in [5.41, 5.74) is 2.09. The molecule has 7 nitrogen and oxygen atoms in total. The molecule has 138 valence electrons. The molecule has 1 aromatic carbocycles. The van der Waals surface area contributed by atoms with Crippen LogP contribution in [0.15, 0.2) is 47.7 Å². The van der Waals surface area contributed by atoms with Gasteiger partial charge in [-0.1, -0.05) is 12.1 Å². The summed E-state index contributed by atoms with van der Waals surface area (Å²) in [5, 5.41) is 10.6. The minimum absolute atomic E-state index is 0.133. The lowest BCUT2D eigenvalue weighted by Crippen LogP contribution is -2.44. The van der Waals surface area contributed by atoms with E-state index in [0.29, 0.717) is 12.5 Å². The van der Waals surface area contributed by atoms with Gasteiger partial charge in [-0.15, -0.1) is 0 Å². The molecule has 0 saturated carbocycles. The lowest BCUT2D eigenvalue weighted by Gasteiger charge is -2.17. The van der Waals surface area contributed by atoms with Crippen molar-refractivity contribution in [2.24, 2.45) is 4.99 Å². The van der Waals surface area contributed by atoms with Gasteiger partial charge in [0, 0.05) is 32.0 Å². The van der Waals surface area contributed by atoms with Crippen LogP contribution in [-0.2, 0) is 11.3 Å². The molecule has 0 atom stereocenters. The number of carbonyl (C=O) groups is 1. The number of guanidine groups is 1. The first-order valence-corrected chi connectivity index (χ1v) is 9.15. The molecule has 1 fully saturated rings. The number of hydrogen-bond donors (Lipinski definition) is 2. The first kappa shape index (κ1) is 18.0. The van der Waals surface area contributed by atoms with Gasteiger partial charge >= 0.3 is 0 Å². The van der Waals surface area contributed by atoms with Crippen LogP contribution in [0.4, 0.5) is 0 Å². The highest BCUT2D eigenvalue weighted by Gasteiger charge is 2.17. The molecule has 0 aliphatic carbocycles. The first-order chi connectivity index (χ1) is 12.8. The summed E-state index contributed by atoms with van der Waals surface area (Å²) in [6, 6.07) is 10.0. The standard InChI is InChI=1S/C19H26N6O/c1-2-20-19(22-15-18(26)24-10-3-4-11-24)21-14-16-7-5-8-17(13-16)25-12-6-9-23-25/h5-9,12-13H,2-4,10-11,14-15H2,1H3,(H2,20,21,22). The molecular weight excluding hydrogens is 328 g/mol. The van der Waals surface area contributed by atoms with Crippen molar-refractivity contribution in [1.82, 2.24) is 25.3 Å². The summed E-state index contributed by atoms with van der Waals surface area (Å²) >= 11 is 0. The number of rotatable bonds is 6. The maximum Gasteiger partial charge on any atom is 0.241 e. The number of nitrogens with one attached hydrogen (secondary N) is 2. The maximum atomic E-state index is 12.2. The van der Waals surface area contributed by atoms with Crippen LogP contribution in [0.3, 0.4) is 0 Å². The van der Waals surface area contributed by atoms with Crippen LogP contribution in [0, 0.1) is 0 Å². The van der Waals surface area contributed by atoms with E-state index < -0.39 is 0 Å². The van der Waals surface area contributed by atoms with E-state index in [1.54, 1.807) is 6.20 Å². The van der Waals surface area contributed by atoms with E-state index >= 15 is 0 Å². The summed E-state index contributed by atoms with van der Waals surface area (Å²) in [6.07, 6.45) is 5.88. The van der Waals surface area contributed by atoms with E-state index in [-0.39, 0.29) is 12.5 Å². The van der Waals surface area contributed by atoms with Gasteiger partial charge in [0.2, 0.25) is 5.91 Å². The molecule has 1 aromatic heterocycles. The Morgan fingerprint density at radius 1 is 1.23 bits per heavy atom. The third-order valence-corrected chi connectivity index (χ3v) is 4.31. The van der Waals surface area contributed by atoms with Gasteiger partial charge in [-0.25, -0.2) is 9.67 Å². The number of hydrogen-bond acceptors (Lipinski definition) is 3. The van der Waals surface area contributed by atoms with E-state index in [4.69, 9.17) is 0 Å². The van der Waals surface area contributed by atoms with Crippen molar-refractivity contribution in [2.45, 2.75) is 26.3 Å². The topological polar surface area (TPSA) is 74.5 Å². The monoisotopic (exact) mass is 354 g/mol. The molecule has 1 saturated heterocycles. The molecule has 0 spiro atoms. The molecule has 0 unspecified atom stereocenters. The smallest absolute Gasteiger partial charge is 0.241 e. The molecule has 2 heterocycles. The van der Waals surface area contributed by atoms with Crippen LogP contribution in [0.2, 0.25) is 0 Å². The highest BCUT2D eigenvalue weighted by atomic mass is 16.2. The minimum Gasteiger partial charge on any atom is -0.357 e. The Morgan fingerprint density at radius 2 is 2.08 bits per heavy atom. The number of amides is 1. The van der Waals surface area contributed by atoms with E-state index in [9.17, 15) is 4.79 Å². The Labute approximate surface area is 154 Å². The molecule has 3 rings (SSSR count). The van der Waals surface area contributed by atoms with Gasteiger partial charge < -0.3 is 15.5 Å². The highest BCUT2D eigenvalue weighted by Crippen LogP contribution is 2.10. The van der Waals surface area contributed by atoms with Crippen LogP contribution in [0.1, 0.15) is 25.3 Å². The van der Waals surface area contributed by atoms with Gasteiger partial charge in [-0.2, -0.15) is 5.10 Å². The van der Waals surface area contributed by atoms with Crippen LogP contribution in [0.5, 0.6) is 0 Å². The second-order valence-electron chi connectivity index (χ2n) is 6.26. The van der Waals surface area contributed by atoms with E-state index in [1.165, 1.54) is 0 Å². The fourth-order valence-corrected chi connectivity index (χ4v) is 2.97. The Bertz CT molecular complexity index is 734. The SMILES string of the molecule is CCNC(=NCc1cccc(-n2cccn2)c1)NCC(=O)N1CCCC1. The Morgan fingerprint density at radius 3 is 2.81 bits per heavy atom. The fraction of sp³-hybridized carbons (Fsp3) is 0.421. The number of nitrogens with zero attached hydrogens (tertiary/aromatic N) is 4. The van der Waals surface area contributed by atoms with Crippen molar-refractivity contribution in [2.75, 3.05) is 26.2 Å². The van der Waals surface area contributed by atoms with Crippen LogP contribution < -0.4 is 10.6 Å². The van der Waals surface area contributed by atoms with Crippen molar-refractivity contribution in [3.8, 4) is 5.69 Å². The van der Waals surface area contributed by atoms with Gasteiger partial charge in [0.15, 0.2) is 5.96 Å². The van der Waals surface area contributed by atoms with Gasteiger partial charge in [0.25, 0.3) is 0 Å². The molecule has 2 aromatic rings. The number of aliphatic imine (C=N–C) groups is 1. The molecule has 1 aliphatic rings. The quantitative estimate of drug-likeness (QED) is 0.610. The molecule has 0 radical (unpaired) electrons. The molecule has 0 bridgehead atoms. The summed E-state index contributed by atoms with van der Waals surface area (Å²) in [7, 11) is 0. The number of benzene rings is 1. The zero-order chi connectivity index (χ0) is 18.2. The second kappa shape index (κ2) is 9.03. The first-order valence-electron chi connectivity index (χ1n) is 9.15. The largest absolute Gasteiger partial charge is 0.357 e. The van der Waals surface area contributed by atoms with Gasteiger partial charge in [-0.05, 0) is 43.5 Å². The van der Waals surface area contributed by atoms with Gasteiger partial charge in [0.05, 0.1) is 18.8 Å². The maximum absolute atomic E-state index is 12.2. The molecule has 2 N–H and O–H groups in total. The molecule has 1 aliphatic heterocycles. The van der Waals surface area contributed by atoms with Gasteiger partial charge in [0.1, 0.15) is 0 Å². The Kier molecular flexibility index (Phi) is 6.24. The van der Waals surface area contributed by atoms with Crippen LogP contribution in [-0.4, -0.2) is 52.7 Å². The van der Waals surface area contributed by atoms with Crippen LogP contribution >= 0.6 is 0 Å². The Balaban J connectivity index is 1.60. The molecule has 26 heavy (non-hydrogen) atoms. The number of likely N-dealkylation sites (tertiary alicyclic amines) is 1. The summed E-state index contributed by atoms with van der Waals surface area (Å²) in [5.74, 6) is 0.790. The fourth-order valence-electron chi connectivity index (χ4n) is 2.97. The molecule has 1 amide bonds. The molecular formula is C19H26N6O. The van der Waals surface area contributed by atoms with Gasteiger partial charge in [-0.3, -0.25) is 4.79 Å². The van der Waals surface area contributed by atoms with Crippen molar-refractivity contribution >= 4 is 11.9 Å². The predicted octanol–water partition coefficient (Wildman–Crippen LogP) is 1.55. The zero-order valence-electron chi connectivity index (χ0n) is 15.2. The van der Waals surface area contributed by atoms with E-state index in [2.05, 4.69) is 26.8 Å². The minimum atomic E-state index is 0.133. The third kappa shape index (κ3) is 4.84. The average molecular weight is 354 g/mol. The Hall–Kier alpha value is -2.83. The van der Waals surface area contributed by atoms with Crippen molar-refractivity contribution < 1.29 is 4.79 Å². The highest BCUT2D eigenvalue weighted by molar-refractivity contribution is 5.86. The van der Waals surface area contributed by atoms with Crippen molar-refractivity contribution in [3.05, 3.63) is 48.3 Å². The predicted molar refractivity (Wildman–Crippen MR) is 102 cm³/mol. The van der Waals surface area contributed by atoms with Crippen molar-refractivity contribution in [3.63, 3.8) is 0 Å². The van der Waals surface area contributed by atoms with Crippen molar-refractivity contribution in [1.29, 1.82) is 0 Å². The summed E-state index contributed by atoms with van der Waals surface area (Å²) < 4.78 is 1.82. The lowest BCUT2D eigenvalue weighted by atomic mass is 10.2. The average Bonchev–Trinajstić information content (AvgIpc) is 3.38. The van der Waals surface area contributed by atoms with E-state index in [0.717, 1.165) is 43.7 Å². The lowest BCUT2D eigenvalue weighted by molar-refractivity contribution is -0.128. The zero-order valence-corrected chi connectivity index (χ0v) is 15.2. The number of carbonyl (C=O) groups excluding carboxylic acids is 1. The normalized spacial score (nSPS) is 14.5. The van der Waals surface area contributed by atoms with Crippen LogP contribution in [0.25, 0.3) is 5.69 Å². The van der Waals surface area contributed by atoms with E-state index in [1.807, 2.05) is 47.0 Å². The third-order valence-electron chi connectivity index (χ3n) is 4.31. The second-order valence-corrected chi connectivity index (χ2v) is 6.26. The number of aromatic nitrogens is 2.